The Hall–Kier alpha value is -3.27. The third-order valence-corrected chi connectivity index (χ3v) is 4.03. The summed E-state index contributed by atoms with van der Waals surface area (Å²) in [6, 6.07) is 18.7. The molecule has 3 aromatic rings. The van der Waals surface area contributed by atoms with E-state index in [0.717, 1.165) is 16.3 Å². The third kappa shape index (κ3) is 3.33. The quantitative estimate of drug-likeness (QED) is 0.552. The summed E-state index contributed by atoms with van der Waals surface area (Å²) in [5.41, 5.74) is 1.63. The van der Waals surface area contributed by atoms with Gasteiger partial charge in [-0.15, -0.1) is 0 Å². The molecule has 3 rings (SSSR count). The molecule has 0 aromatic heterocycles. The Bertz CT molecular complexity index is 952. The molecule has 0 aliphatic rings. The van der Waals surface area contributed by atoms with Crippen LogP contribution in [0, 0.1) is 0 Å². The Kier molecular flexibility index (Phi) is 4.70. The van der Waals surface area contributed by atoms with Crippen molar-refractivity contribution in [2.24, 2.45) is 0 Å². The molecular formula is C21H18O4. The predicted molar refractivity (Wildman–Crippen MR) is 99.0 cm³/mol. The summed E-state index contributed by atoms with van der Waals surface area (Å²) in [4.78, 5) is 11.9. The van der Waals surface area contributed by atoms with Crippen molar-refractivity contribution in [3.8, 4) is 11.5 Å². The van der Waals surface area contributed by atoms with Crippen molar-refractivity contribution in [1.29, 1.82) is 0 Å². The van der Waals surface area contributed by atoms with Gasteiger partial charge in [-0.25, -0.2) is 4.79 Å². The molecule has 0 unspecified atom stereocenters. The van der Waals surface area contributed by atoms with Gasteiger partial charge in [-0.2, -0.15) is 0 Å². The second-order valence-electron chi connectivity index (χ2n) is 5.50. The van der Waals surface area contributed by atoms with E-state index in [9.17, 15) is 9.90 Å². The van der Waals surface area contributed by atoms with E-state index < -0.39 is 5.97 Å². The van der Waals surface area contributed by atoms with Crippen molar-refractivity contribution in [1.82, 2.24) is 0 Å². The molecule has 1 N–H and O–H groups in total. The average Bonchev–Trinajstić information content (AvgIpc) is 2.65. The largest absolute Gasteiger partial charge is 0.493 e. The maximum atomic E-state index is 11.9. The SMILES string of the molecule is COc1ccc(/C=C(/C(=O)O)c2cccc3ccccc23)cc1OC. The number of fused-ring (bicyclic) bond motifs is 1. The van der Waals surface area contributed by atoms with Gasteiger partial charge in [0.1, 0.15) is 0 Å². The number of carbonyl (C=O) groups is 1. The average molecular weight is 334 g/mol. The molecule has 4 heteroatoms. The molecule has 0 aliphatic heterocycles. The first-order valence-corrected chi connectivity index (χ1v) is 7.79. The van der Waals surface area contributed by atoms with E-state index in [0.29, 0.717) is 17.1 Å². The minimum absolute atomic E-state index is 0.226. The summed E-state index contributed by atoms with van der Waals surface area (Å²) in [5, 5.41) is 11.7. The standard InChI is InChI=1S/C21H18O4/c1-24-19-11-10-14(13-20(19)25-2)12-18(21(22)23)17-9-5-7-15-6-3-4-8-16(15)17/h3-13H,1-2H3,(H,22,23)/b18-12+. The van der Waals surface area contributed by atoms with Gasteiger partial charge < -0.3 is 14.6 Å². The van der Waals surface area contributed by atoms with Crippen molar-refractivity contribution in [3.05, 3.63) is 71.8 Å². The van der Waals surface area contributed by atoms with Crippen LogP contribution in [0.4, 0.5) is 0 Å². The highest BCUT2D eigenvalue weighted by atomic mass is 16.5. The molecule has 0 fully saturated rings. The number of carboxylic acid groups (broad SMARTS) is 1. The highest BCUT2D eigenvalue weighted by molar-refractivity contribution is 6.23. The van der Waals surface area contributed by atoms with Gasteiger partial charge in [0.2, 0.25) is 0 Å². The molecule has 0 heterocycles. The third-order valence-electron chi connectivity index (χ3n) is 4.03. The van der Waals surface area contributed by atoms with Crippen LogP contribution >= 0.6 is 0 Å². The first-order chi connectivity index (χ1) is 12.1. The molecule has 0 saturated heterocycles. The maximum Gasteiger partial charge on any atom is 0.336 e. The van der Waals surface area contributed by atoms with Crippen LogP contribution in [0.1, 0.15) is 11.1 Å². The van der Waals surface area contributed by atoms with Crippen LogP contribution in [0.25, 0.3) is 22.4 Å². The number of ether oxygens (including phenoxy) is 2. The summed E-state index contributed by atoms with van der Waals surface area (Å²) in [7, 11) is 3.11. The highest BCUT2D eigenvalue weighted by Gasteiger charge is 2.14. The lowest BCUT2D eigenvalue weighted by atomic mass is 9.96. The van der Waals surface area contributed by atoms with Crippen LogP contribution in [0.15, 0.2) is 60.7 Å². The first-order valence-electron chi connectivity index (χ1n) is 7.79. The van der Waals surface area contributed by atoms with Crippen LogP contribution < -0.4 is 9.47 Å². The Labute approximate surface area is 145 Å². The molecule has 3 aromatic carbocycles. The van der Waals surface area contributed by atoms with Gasteiger partial charge in [0, 0.05) is 0 Å². The number of hydrogen-bond acceptors (Lipinski definition) is 3. The number of methoxy groups -OCH3 is 2. The van der Waals surface area contributed by atoms with Crippen molar-refractivity contribution < 1.29 is 19.4 Å². The van der Waals surface area contributed by atoms with E-state index >= 15 is 0 Å². The van der Waals surface area contributed by atoms with E-state index in [1.54, 1.807) is 38.5 Å². The zero-order valence-electron chi connectivity index (χ0n) is 14.0. The number of hydrogen-bond donors (Lipinski definition) is 1. The molecule has 0 radical (unpaired) electrons. The molecule has 4 nitrogen and oxygen atoms in total. The van der Waals surface area contributed by atoms with E-state index in [1.165, 1.54) is 0 Å². The maximum absolute atomic E-state index is 11.9. The van der Waals surface area contributed by atoms with Crippen LogP contribution in [0.3, 0.4) is 0 Å². The van der Waals surface area contributed by atoms with Crippen molar-refractivity contribution in [2.75, 3.05) is 14.2 Å². The molecule has 0 bridgehead atoms. The minimum atomic E-state index is -0.980. The van der Waals surface area contributed by atoms with Gasteiger partial charge in [-0.3, -0.25) is 0 Å². The molecule has 0 spiro atoms. The summed E-state index contributed by atoms with van der Waals surface area (Å²) in [5.74, 6) is 0.173. The first kappa shape index (κ1) is 16.6. The van der Waals surface area contributed by atoms with Crippen molar-refractivity contribution in [2.45, 2.75) is 0 Å². The minimum Gasteiger partial charge on any atom is -0.493 e. The lowest BCUT2D eigenvalue weighted by molar-refractivity contribution is -0.130. The normalized spacial score (nSPS) is 11.4. The fourth-order valence-electron chi connectivity index (χ4n) is 2.82. The fraction of sp³-hybridized carbons (Fsp3) is 0.0952. The molecule has 0 aliphatic carbocycles. The Morgan fingerprint density at radius 3 is 2.36 bits per heavy atom. The zero-order valence-corrected chi connectivity index (χ0v) is 14.0. The summed E-state index contributed by atoms with van der Waals surface area (Å²) >= 11 is 0. The van der Waals surface area contributed by atoms with Crippen molar-refractivity contribution >= 4 is 28.4 Å². The molecule has 25 heavy (non-hydrogen) atoms. The second-order valence-corrected chi connectivity index (χ2v) is 5.50. The second kappa shape index (κ2) is 7.09. The van der Waals surface area contributed by atoms with Gasteiger partial charge in [0.15, 0.2) is 11.5 Å². The Morgan fingerprint density at radius 1 is 0.920 bits per heavy atom. The molecular weight excluding hydrogens is 316 g/mol. The Balaban J connectivity index is 2.16. The van der Waals surface area contributed by atoms with Gasteiger partial charge in [0.25, 0.3) is 0 Å². The van der Waals surface area contributed by atoms with Crippen LogP contribution in [0.2, 0.25) is 0 Å². The van der Waals surface area contributed by atoms with Crippen LogP contribution in [-0.2, 0) is 4.79 Å². The number of carboxylic acids is 1. The molecule has 0 amide bonds. The summed E-state index contributed by atoms with van der Waals surface area (Å²) < 4.78 is 10.5. The molecule has 0 saturated carbocycles. The smallest absolute Gasteiger partial charge is 0.336 e. The molecule has 126 valence electrons. The number of aliphatic carboxylic acids is 1. The van der Waals surface area contributed by atoms with E-state index in [-0.39, 0.29) is 5.57 Å². The fourth-order valence-corrected chi connectivity index (χ4v) is 2.82. The zero-order chi connectivity index (χ0) is 17.8. The lowest BCUT2D eigenvalue weighted by Gasteiger charge is -2.10. The van der Waals surface area contributed by atoms with Gasteiger partial charge >= 0.3 is 5.97 Å². The number of benzene rings is 3. The van der Waals surface area contributed by atoms with Crippen LogP contribution in [-0.4, -0.2) is 25.3 Å². The van der Waals surface area contributed by atoms with E-state index in [4.69, 9.17) is 9.47 Å². The van der Waals surface area contributed by atoms with E-state index in [1.807, 2.05) is 42.5 Å². The van der Waals surface area contributed by atoms with Crippen molar-refractivity contribution in [3.63, 3.8) is 0 Å². The molecule has 0 atom stereocenters. The van der Waals surface area contributed by atoms with Gasteiger partial charge in [-0.05, 0) is 40.1 Å². The monoisotopic (exact) mass is 334 g/mol. The lowest BCUT2D eigenvalue weighted by Crippen LogP contribution is -2.00. The summed E-state index contributed by atoms with van der Waals surface area (Å²) in [6.45, 7) is 0. The predicted octanol–water partition coefficient (Wildman–Crippen LogP) is 4.48. The van der Waals surface area contributed by atoms with Gasteiger partial charge in [0.05, 0.1) is 19.8 Å². The van der Waals surface area contributed by atoms with E-state index in [2.05, 4.69) is 0 Å². The topological polar surface area (TPSA) is 55.8 Å². The Morgan fingerprint density at radius 2 is 1.64 bits per heavy atom. The number of rotatable bonds is 5. The van der Waals surface area contributed by atoms with Crippen LogP contribution in [0.5, 0.6) is 11.5 Å². The van der Waals surface area contributed by atoms with Gasteiger partial charge in [-0.1, -0.05) is 48.5 Å². The highest BCUT2D eigenvalue weighted by Crippen LogP contribution is 2.31. The summed E-state index contributed by atoms with van der Waals surface area (Å²) in [6.07, 6.45) is 1.64.